The van der Waals surface area contributed by atoms with Crippen LogP contribution in [0.4, 0.5) is 5.69 Å². The van der Waals surface area contributed by atoms with Gasteiger partial charge in [-0.15, -0.1) is 0 Å². The topological polar surface area (TPSA) is 36.4 Å². The fraction of sp³-hybridized carbons (Fsp3) is 0.429. The van der Waals surface area contributed by atoms with Gasteiger partial charge in [0.1, 0.15) is 0 Å². The highest BCUT2D eigenvalue weighted by atomic mass is 16.2. The molecular weight excluding hydrogens is 310 g/mol. The number of hydrogen-bond donors (Lipinski definition) is 0. The first kappa shape index (κ1) is 17.5. The summed E-state index contributed by atoms with van der Waals surface area (Å²) in [6.07, 6.45) is 4.62. The maximum absolute atomic E-state index is 12.9. The Morgan fingerprint density at radius 1 is 0.920 bits per heavy atom. The predicted octanol–water partition coefficient (Wildman–Crippen LogP) is 3.73. The molecule has 0 N–H and O–H groups in total. The van der Waals surface area contributed by atoms with Crippen LogP contribution in [-0.2, 0) is 5.41 Å². The van der Waals surface area contributed by atoms with Crippen molar-refractivity contribution in [2.45, 2.75) is 32.6 Å². The number of rotatable bonds is 2. The molecule has 1 aromatic heterocycles. The zero-order valence-electron chi connectivity index (χ0n) is 15.4. The van der Waals surface area contributed by atoms with Crippen molar-refractivity contribution < 1.29 is 4.79 Å². The van der Waals surface area contributed by atoms with Gasteiger partial charge in [-0.25, -0.2) is 0 Å². The van der Waals surface area contributed by atoms with E-state index in [9.17, 15) is 4.79 Å². The third-order valence-electron chi connectivity index (χ3n) is 4.81. The van der Waals surface area contributed by atoms with Gasteiger partial charge < -0.3 is 9.80 Å². The number of carbonyl (C=O) groups excluding carboxylic acids is 1. The summed E-state index contributed by atoms with van der Waals surface area (Å²) in [5, 5.41) is 0. The molecule has 25 heavy (non-hydrogen) atoms. The predicted molar refractivity (Wildman–Crippen MR) is 102 cm³/mol. The molecule has 0 spiro atoms. The first-order valence-electron chi connectivity index (χ1n) is 9.00. The summed E-state index contributed by atoms with van der Waals surface area (Å²) >= 11 is 0. The molecule has 0 unspecified atom stereocenters. The molecule has 1 aromatic carbocycles. The summed E-state index contributed by atoms with van der Waals surface area (Å²) in [5.41, 5.74) is 3.32. The number of carbonyl (C=O) groups is 1. The highest BCUT2D eigenvalue weighted by Gasteiger charge is 2.21. The number of aromatic nitrogens is 1. The van der Waals surface area contributed by atoms with E-state index in [1.54, 1.807) is 0 Å². The lowest BCUT2D eigenvalue weighted by Gasteiger charge is -2.24. The largest absolute Gasteiger partial charge is 0.370 e. The maximum Gasteiger partial charge on any atom is 0.253 e. The van der Waals surface area contributed by atoms with E-state index in [1.807, 2.05) is 41.6 Å². The number of anilines is 1. The summed E-state index contributed by atoms with van der Waals surface area (Å²) in [5.74, 6) is 0.136. The van der Waals surface area contributed by atoms with Crippen molar-refractivity contribution >= 4 is 11.6 Å². The second-order valence-electron chi connectivity index (χ2n) is 7.67. The van der Waals surface area contributed by atoms with Crippen LogP contribution in [0.25, 0.3) is 0 Å². The van der Waals surface area contributed by atoms with Gasteiger partial charge in [0.15, 0.2) is 0 Å². The summed E-state index contributed by atoms with van der Waals surface area (Å²) in [7, 11) is 0. The lowest BCUT2D eigenvalue weighted by atomic mass is 9.86. The van der Waals surface area contributed by atoms with Crippen LogP contribution in [0.15, 0.2) is 48.8 Å². The zero-order chi connectivity index (χ0) is 17.9. The molecule has 0 atom stereocenters. The highest BCUT2D eigenvalue weighted by molar-refractivity contribution is 5.94. The summed E-state index contributed by atoms with van der Waals surface area (Å²) in [6, 6.07) is 12.1. The highest BCUT2D eigenvalue weighted by Crippen LogP contribution is 2.23. The van der Waals surface area contributed by atoms with Crippen LogP contribution >= 0.6 is 0 Å². The SMILES string of the molecule is CC(C)(C)c1ccc(C(=O)N2CCCN(c3ccncc3)CC2)cc1. The maximum atomic E-state index is 12.9. The Hall–Kier alpha value is -2.36. The third-order valence-corrected chi connectivity index (χ3v) is 4.81. The molecule has 1 aliphatic heterocycles. The fourth-order valence-electron chi connectivity index (χ4n) is 3.23. The zero-order valence-corrected chi connectivity index (χ0v) is 15.4. The van der Waals surface area contributed by atoms with Crippen molar-refractivity contribution in [3.63, 3.8) is 0 Å². The van der Waals surface area contributed by atoms with E-state index in [1.165, 1.54) is 11.3 Å². The van der Waals surface area contributed by atoms with Crippen molar-refractivity contribution in [1.82, 2.24) is 9.88 Å². The van der Waals surface area contributed by atoms with E-state index in [2.05, 4.69) is 42.8 Å². The van der Waals surface area contributed by atoms with Gasteiger partial charge >= 0.3 is 0 Å². The van der Waals surface area contributed by atoms with Crippen molar-refractivity contribution in [2.75, 3.05) is 31.1 Å². The lowest BCUT2D eigenvalue weighted by Crippen LogP contribution is -2.35. The molecule has 2 heterocycles. The Kier molecular flexibility index (Phi) is 5.07. The average Bonchev–Trinajstić information content (AvgIpc) is 2.87. The molecule has 2 aromatic rings. The minimum absolute atomic E-state index is 0.106. The molecule has 1 amide bonds. The molecule has 4 nitrogen and oxygen atoms in total. The van der Waals surface area contributed by atoms with Gasteiger partial charge in [-0.3, -0.25) is 9.78 Å². The first-order valence-corrected chi connectivity index (χ1v) is 9.00. The van der Waals surface area contributed by atoms with E-state index >= 15 is 0 Å². The molecule has 1 saturated heterocycles. The number of amides is 1. The number of pyridine rings is 1. The lowest BCUT2D eigenvalue weighted by molar-refractivity contribution is 0.0767. The van der Waals surface area contributed by atoms with Crippen LogP contribution < -0.4 is 4.90 Å². The van der Waals surface area contributed by atoms with Crippen LogP contribution in [0, 0.1) is 0 Å². The average molecular weight is 337 g/mol. The minimum atomic E-state index is 0.106. The van der Waals surface area contributed by atoms with Gasteiger partial charge in [-0.05, 0) is 41.7 Å². The second-order valence-corrected chi connectivity index (χ2v) is 7.67. The van der Waals surface area contributed by atoms with Crippen molar-refractivity contribution in [1.29, 1.82) is 0 Å². The Labute approximate surface area is 150 Å². The van der Waals surface area contributed by atoms with Crippen molar-refractivity contribution in [3.8, 4) is 0 Å². The van der Waals surface area contributed by atoms with Gasteiger partial charge in [-0.1, -0.05) is 32.9 Å². The smallest absolute Gasteiger partial charge is 0.253 e. The molecule has 4 heteroatoms. The van der Waals surface area contributed by atoms with Crippen molar-refractivity contribution in [3.05, 3.63) is 59.9 Å². The minimum Gasteiger partial charge on any atom is -0.370 e. The van der Waals surface area contributed by atoms with Crippen LogP contribution in [0.1, 0.15) is 43.1 Å². The summed E-state index contributed by atoms with van der Waals surface area (Å²) < 4.78 is 0. The Balaban J connectivity index is 1.67. The monoisotopic (exact) mass is 337 g/mol. The van der Waals surface area contributed by atoms with Crippen molar-refractivity contribution in [2.24, 2.45) is 0 Å². The summed E-state index contributed by atoms with van der Waals surface area (Å²) in [4.78, 5) is 21.2. The molecule has 132 valence electrons. The van der Waals surface area contributed by atoms with E-state index in [-0.39, 0.29) is 11.3 Å². The fourth-order valence-corrected chi connectivity index (χ4v) is 3.23. The quantitative estimate of drug-likeness (QED) is 0.838. The molecule has 1 aliphatic rings. The Morgan fingerprint density at radius 3 is 2.24 bits per heavy atom. The molecule has 0 radical (unpaired) electrons. The van der Waals surface area contributed by atoms with Gasteiger partial charge in [0, 0.05) is 49.8 Å². The van der Waals surface area contributed by atoms with Crippen LogP contribution in [0.3, 0.4) is 0 Å². The number of nitrogens with zero attached hydrogens (tertiary/aromatic N) is 3. The van der Waals surface area contributed by atoms with E-state index in [0.717, 1.165) is 38.2 Å². The van der Waals surface area contributed by atoms with Gasteiger partial charge in [0.25, 0.3) is 5.91 Å². The van der Waals surface area contributed by atoms with Crippen LogP contribution in [-0.4, -0.2) is 42.0 Å². The molecule has 0 aliphatic carbocycles. The van der Waals surface area contributed by atoms with Gasteiger partial charge in [0.05, 0.1) is 0 Å². The van der Waals surface area contributed by atoms with Crippen LogP contribution in [0.5, 0.6) is 0 Å². The molecule has 1 fully saturated rings. The number of hydrogen-bond acceptors (Lipinski definition) is 3. The third kappa shape index (κ3) is 4.19. The molecule has 3 rings (SSSR count). The van der Waals surface area contributed by atoms with Gasteiger partial charge in [-0.2, -0.15) is 0 Å². The van der Waals surface area contributed by atoms with E-state index < -0.39 is 0 Å². The molecule has 0 bridgehead atoms. The van der Waals surface area contributed by atoms with E-state index in [0.29, 0.717) is 0 Å². The van der Waals surface area contributed by atoms with E-state index in [4.69, 9.17) is 0 Å². The van der Waals surface area contributed by atoms with Gasteiger partial charge in [0.2, 0.25) is 0 Å². The first-order chi connectivity index (χ1) is 11.9. The standard InChI is InChI=1S/C21H27N3O/c1-21(2,3)18-7-5-17(6-8-18)20(25)24-14-4-13-23(15-16-24)19-9-11-22-12-10-19/h5-12H,4,13-16H2,1-3H3. The Morgan fingerprint density at radius 2 is 1.60 bits per heavy atom. The second kappa shape index (κ2) is 7.26. The number of benzene rings is 1. The summed E-state index contributed by atoms with van der Waals surface area (Å²) in [6.45, 7) is 9.95. The molecular formula is C21H27N3O. The Bertz CT molecular complexity index is 704. The normalized spacial score (nSPS) is 15.8. The molecule has 0 saturated carbocycles. The van der Waals surface area contributed by atoms with Crippen LogP contribution in [0.2, 0.25) is 0 Å².